The Morgan fingerprint density at radius 1 is 1.27 bits per heavy atom. The fraction of sp³-hybridized carbons (Fsp3) is 1.00. The van der Waals surface area contributed by atoms with Crippen molar-refractivity contribution < 1.29 is 4.74 Å². The van der Waals surface area contributed by atoms with Crippen LogP contribution in [0, 0.1) is 11.8 Å². The zero-order valence-electron chi connectivity index (χ0n) is 10.8. The summed E-state index contributed by atoms with van der Waals surface area (Å²) in [6.07, 6.45) is 6.77. The van der Waals surface area contributed by atoms with E-state index in [0.29, 0.717) is 0 Å². The average Bonchev–Trinajstić information content (AvgIpc) is 2.64. The minimum Gasteiger partial charge on any atom is -0.379 e. The molecule has 1 N–H and O–H groups in total. The van der Waals surface area contributed by atoms with E-state index in [1.807, 2.05) is 7.11 Å². The Hall–Kier alpha value is -0.0800. The van der Waals surface area contributed by atoms with E-state index in [1.165, 1.54) is 38.6 Å². The Balaban J connectivity index is 2.31. The van der Waals surface area contributed by atoms with Crippen molar-refractivity contribution in [2.75, 3.05) is 20.7 Å². The monoisotopic (exact) mass is 213 g/mol. The second-order valence-corrected chi connectivity index (χ2v) is 5.51. The summed E-state index contributed by atoms with van der Waals surface area (Å²) in [6.45, 7) is 5.57. The molecule has 2 unspecified atom stereocenters. The van der Waals surface area contributed by atoms with Crippen LogP contribution >= 0.6 is 0 Å². The molecule has 0 aromatic heterocycles. The molecule has 0 bridgehead atoms. The van der Waals surface area contributed by atoms with Crippen LogP contribution in [0.5, 0.6) is 0 Å². The number of rotatable bonds is 6. The molecule has 1 saturated carbocycles. The molecule has 90 valence electrons. The third kappa shape index (κ3) is 4.12. The first-order valence-corrected chi connectivity index (χ1v) is 6.29. The Morgan fingerprint density at radius 3 is 2.53 bits per heavy atom. The molecule has 1 rings (SSSR count). The number of nitrogens with one attached hydrogen (secondary N) is 1. The van der Waals surface area contributed by atoms with Crippen molar-refractivity contribution in [1.29, 1.82) is 0 Å². The molecule has 0 heterocycles. The lowest BCUT2D eigenvalue weighted by molar-refractivity contribution is 0.00909. The van der Waals surface area contributed by atoms with Crippen LogP contribution in [0.1, 0.15) is 46.0 Å². The van der Waals surface area contributed by atoms with Gasteiger partial charge in [-0.05, 0) is 58.5 Å². The van der Waals surface area contributed by atoms with Gasteiger partial charge in [0, 0.05) is 7.11 Å². The summed E-state index contributed by atoms with van der Waals surface area (Å²) in [6, 6.07) is 0. The van der Waals surface area contributed by atoms with Crippen molar-refractivity contribution in [3.8, 4) is 0 Å². The van der Waals surface area contributed by atoms with Crippen LogP contribution in [0.3, 0.4) is 0 Å². The van der Waals surface area contributed by atoms with Gasteiger partial charge in [0.2, 0.25) is 0 Å². The average molecular weight is 213 g/mol. The van der Waals surface area contributed by atoms with Gasteiger partial charge in [-0.3, -0.25) is 0 Å². The van der Waals surface area contributed by atoms with Crippen LogP contribution in [0.2, 0.25) is 0 Å². The Morgan fingerprint density at radius 2 is 1.93 bits per heavy atom. The van der Waals surface area contributed by atoms with Crippen molar-refractivity contribution in [3.05, 3.63) is 0 Å². The molecule has 2 heteroatoms. The lowest BCUT2D eigenvalue weighted by atomic mass is 9.87. The summed E-state index contributed by atoms with van der Waals surface area (Å²) in [5, 5.41) is 3.32. The van der Waals surface area contributed by atoms with Gasteiger partial charge in [0.15, 0.2) is 0 Å². The van der Waals surface area contributed by atoms with Gasteiger partial charge in [0.1, 0.15) is 0 Å². The van der Waals surface area contributed by atoms with Gasteiger partial charge in [-0.15, -0.1) is 0 Å². The molecule has 0 spiro atoms. The minimum atomic E-state index is 0.0623. The number of hydrogen-bond acceptors (Lipinski definition) is 2. The van der Waals surface area contributed by atoms with E-state index in [4.69, 9.17) is 4.74 Å². The molecular weight excluding hydrogens is 186 g/mol. The predicted molar refractivity (Wildman–Crippen MR) is 65.1 cm³/mol. The molecule has 15 heavy (non-hydrogen) atoms. The molecule has 0 radical (unpaired) electrons. The van der Waals surface area contributed by atoms with E-state index < -0.39 is 0 Å². The molecule has 0 aromatic carbocycles. The molecule has 0 saturated heterocycles. The third-order valence-corrected chi connectivity index (χ3v) is 3.95. The molecule has 0 aliphatic heterocycles. The lowest BCUT2D eigenvalue weighted by Crippen LogP contribution is -2.26. The molecule has 1 aliphatic rings. The van der Waals surface area contributed by atoms with E-state index in [-0.39, 0.29) is 5.60 Å². The van der Waals surface area contributed by atoms with Gasteiger partial charge in [0.25, 0.3) is 0 Å². The summed E-state index contributed by atoms with van der Waals surface area (Å²) in [5.74, 6) is 1.83. The standard InChI is InChI=1S/C13H27NO/c1-13(2,15-4)9-8-11-6-5-7-12(11)10-14-3/h11-12,14H,5-10H2,1-4H3. The van der Waals surface area contributed by atoms with Crippen molar-refractivity contribution in [1.82, 2.24) is 5.32 Å². The highest BCUT2D eigenvalue weighted by atomic mass is 16.5. The second kappa shape index (κ2) is 5.86. The molecule has 2 atom stereocenters. The third-order valence-electron chi connectivity index (χ3n) is 3.95. The molecule has 0 aromatic rings. The van der Waals surface area contributed by atoms with Gasteiger partial charge < -0.3 is 10.1 Å². The maximum atomic E-state index is 5.48. The summed E-state index contributed by atoms with van der Waals surface area (Å²) < 4.78 is 5.48. The Bertz CT molecular complexity index is 179. The van der Waals surface area contributed by atoms with Crippen LogP contribution < -0.4 is 5.32 Å². The largest absolute Gasteiger partial charge is 0.379 e. The maximum Gasteiger partial charge on any atom is 0.0622 e. The van der Waals surface area contributed by atoms with Gasteiger partial charge in [0.05, 0.1) is 5.60 Å². The number of ether oxygens (including phenoxy) is 1. The number of methoxy groups -OCH3 is 1. The molecule has 0 amide bonds. The molecule has 1 fully saturated rings. The summed E-state index contributed by atoms with van der Waals surface area (Å²) in [7, 11) is 3.88. The predicted octanol–water partition coefficient (Wildman–Crippen LogP) is 2.83. The molecule has 1 aliphatic carbocycles. The highest BCUT2D eigenvalue weighted by molar-refractivity contribution is 4.81. The minimum absolute atomic E-state index is 0.0623. The van der Waals surface area contributed by atoms with Crippen LogP contribution in [0.4, 0.5) is 0 Å². The smallest absolute Gasteiger partial charge is 0.0622 e. The fourth-order valence-electron chi connectivity index (χ4n) is 2.66. The maximum absolute atomic E-state index is 5.48. The normalized spacial score (nSPS) is 27.2. The first kappa shape index (κ1) is 13.0. The first-order valence-electron chi connectivity index (χ1n) is 6.29. The van der Waals surface area contributed by atoms with E-state index >= 15 is 0 Å². The first-order chi connectivity index (χ1) is 7.09. The van der Waals surface area contributed by atoms with Crippen LogP contribution in [-0.2, 0) is 4.74 Å². The highest BCUT2D eigenvalue weighted by Gasteiger charge is 2.28. The van der Waals surface area contributed by atoms with Gasteiger partial charge >= 0.3 is 0 Å². The zero-order valence-corrected chi connectivity index (χ0v) is 10.8. The topological polar surface area (TPSA) is 21.3 Å². The molecular formula is C13H27NO. The van der Waals surface area contributed by atoms with Gasteiger partial charge in [-0.1, -0.05) is 12.8 Å². The van der Waals surface area contributed by atoms with E-state index in [0.717, 1.165) is 11.8 Å². The quantitative estimate of drug-likeness (QED) is 0.732. The lowest BCUT2D eigenvalue weighted by Gasteiger charge is -2.26. The Kier molecular flexibility index (Phi) is 5.07. The molecule has 2 nitrogen and oxygen atoms in total. The second-order valence-electron chi connectivity index (χ2n) is 5.51. The van der Waals surface area contributed by atoms with E-state index in [1.54, 1.807) is 0 Å². The number of hydrogen-bond donors (Lipinski definition) is 1. The van der Waals surface area contributed by atoms with Crippen LogP contribution in [0.15, 0.2) is 0 Å². The Labute approximate surface area is 94.8 Å². The SMILES string of the molecule is CNCC1CCCC1CCC(C)(C)OC. The van der Waals surface area contributed by atoms with Crippen molar-refractivity contribution >= 4 is 0 Å². The summed E-state index contributed by atoms with van der Waals surface area (Å²) in [5.41, 5.74) is 0.0623. The van der Waals surface area contributed by atoms with Crippen LogP contribution in [0.25, 0.3) is 0 Å². The van der Waals surface area contributed by atoms with Gasteiger partial charge in [-0.2, -0.15) is 0 Å². The summed E-state index contributed by atoms with van der Waals surface area (Å²) in [4.78, 5) is 0. The highest BCUT2D eigenvalue weighted by Crippen LogP contribution is 2.36. The van der Waals surface area contributed by atoms with E-state index in [9.17, 15) is 0 Å². The zero-order chi connectivity index (χ0) is 11.3. The van der Waals surface area contributed by atoms with Crippen molar-refractivity contribution in [3.63, 3.8) is 0 Å². The summed E-state index contributed by atoms with van der Waals surface area (Å²) >= 11 is 0. The fourth-order valence-corrected chi connectivity index (χ4v) is 2.66. The van der Waals surface area contributed by atoms with Crippen molar-refractivity contribution in [2.45, 2.75) is 51.6 Å². The van der Waals surface area contributed by atoms with Gasteiger partial charge in [-0.25, -0.2) is 0 Å². The van der Waals surface area contributed by atoms with Crippen LogP contribution in [-0.4, -0.2) is 26.3 Å². The van der Waals surface area contributed by atoms with Crippen molar-refractivity contribution in [2.24, 2.45) is 11.8 Å². The van der Waals surface area contributed by atoms with E-state index in [2.05, 4.69) is 26.2 Å².